The van der Waals surface area contributed by atoms with Gasteiger partial charge in [-0.1, -0.05) is 12.1 Å². The first kappa shape index (κ1) is 13.1. The SMILES string of the molecule is COc1ccc(COCC[C@@H]2O[C@@]2(C)C=O)cc1. The van der Waals surface area contributed by atoms with Crippen LogP contribution in [0.1, 0.15) is 18.9 Å². The van der Waals surface area contributed by atoms with Crippen LogP contribution in [0, 0.1) is 0 Å². The number of benzene rings is 1. The second-order valence-corrected chi connectivity index (χ2v) is 4.60. The highest BCUT2D eigenvalue weighted by molar-refractivity contribution is 5.66. The van der Waals surface area contributed by atoms with Gasteiger partial charge in [0.2, 0.25) is 0 Å². The molecule has 0 spiro atoms. The van der Waals surface area contributed by atoms with Crippen molar-refractivity contribution in [1.29, 1.82) is 0 Å². The van der Waals surface area contributed by atoms with Gasteiger partial charge in [0, 0.05) is 13.0 Å². The number of carbonyl (C=O) groups excluding carboxylic acids is 1. The van der Waals surface area contributed by atoms with Crippen molar-refractivity contribution >= 4 is 6.29 Å². The highest BCUT2D eigenvalue weighted by Gasteiger charge is 2.51. The Morgan fingerprint density at radius 3 is 2.67 bits per heavy atom. The van der Waals surface area contributed by atoms with Gasteiger partial charge < -0.3 is 19.0 Å². The molecule has 0 unspecified atom stereocenters. The molecule has 2 rings (SSSR count). The van der Waals surface area contributed by atoms with E-state index in [4.69, 9.17) is 14.2 Å². The summed E-state index contributed by atoms with van der Waals surface area (Å²) in [6.07, 6.45) is 1.64. The molecule has 0 N–H and O–H groups in total. The van der Waals surface area contributed by atoms with Gasteiger partial charge in [-0.2, -0.15) is 0 Å². The Hall–Kier alpha value is -1.39. The van der Waals surface area contributed by atoms with Crippen molar-refractivity contribution in [2.75, 3.05) is 13.7 Å². The zero-order valence-electron chi connectivity index (χ0n) is 10.7. The van der Waals surface area contributed by atoms with E-state index in [0.717, 1.165) is 24.0 Å². The predicted molar refractivity (Wildman–Crippen MR) is 66.6 cm³/mol. The molecule has 1 saturated heterocycles. The largest absolute Gasteiger partial charge is 0.497 e. The molecule has 1 aromatic rings. The Labute approximate surface area is 107 Å². The van der Waals surface area contributed by atoms with E-state index in [1.54, 1.807) is 14.0 Å². The molecule has 0 bridgehead atoms. The Bertz CT molecular complexity index is 401. The lowest BCUT2D eigenvalue weighted by Crippen LogP contribution is -2.12. The monoisotopic (exact) mass is 250 g/mol. The zero-order valence-corrected chi connectivity index (χ0v) is 10.7. The zero-order chi connectivity index (χ0) is 13.0. The minimum absolute atomic E-state index is 0.0193. The first-order chi connectivity index (χ1) is 8.68. The molecule has 1 aromatic carbocycles. The summed E-state index contributed by atoms with van der Waals surface area (Å²) in [4.78, 5) is 10.6. The Morgan fingerprint density at radius 1 is 1.39 bits per heavy atom. The number of rotatable bonds is 7. The van der Waals surface area contributed by atoms with Crippen molar-refractivity contribution in [1.82, 2.24) is 0 Å². The van der Waals surface area contributed by atoms with Crippen molar-refractivity contribution in [3.63, 3.8) is 0 Å². The number of hydrogen-bond donors (Lipinski definition) is 0. The van der Waals surface area contributed by atoms with Crippen LogP contribution in [0.25, 0.3) is 0 Å². The fourth-order valence-electron chi connectivity index (χ4n) is 1.82. The fourth-order valence-corrected chi connectivity index (χ4v) is 1.82. The molecular weight excluding hydrogens is 232 g/mol. The van der Waals surface area contributed by atoms with Gasteiger partial charge in [0.1, 0.15) is 11.4 Å². The normalized spacial score (nSPS) is 25.8. The van der Waals surface area contributed by atoms with Gasteiger partial charge >= 0.3 is 0 Å². The van der Waals surface area contributed by atoms with Crippen molar-refractivity contribution < 1.29 is 19.0 Å². The molecular formula is C14H18O4. The summed E-state index contributed by atoms with van der Waals surface area (Å²) >= 11 is 0. The summed E-state index contributed by atoms with van der Waals surface area (Å²) in [5.41, 5.74) is 0.536. The molecule has 98 valence electrons. The maximum absolute atomic E-state index is 10.6. The van der Waals surface area contributed by atoms with E-state index in [2.05, 4.69) is 0 Å². The molecule has 0 amide bonds. The van der Waals surface area contributed by atoms with E-state index in [9.17, 15) is 4.79 Å². The van der Waals surface area contributed by atoms with Crippen molar-refractivity contribution in [3.05, 3.63) is 29.8 Å². The molecule has 1 aliphatic heterocycles. The minimum atomic E-state index is -0.566. The van der Waals surface area contributed by atoms with Crippen LogP contribution >= 0.6 is 0 Å². The van der Waals surface area contributed by atoms with Gasteiger partial charge in [-0.05, 0) is 24.6 Å². The van der Waals surface area contributed by atoms with Crippen molar-refractivity contribution in [2.45, 2.75) is 31.7 Å². The van der Waals surface area contributed by atoms with E-state index < -0.39 is 5.60 Å². The van der Waals surface area contributed by atoms with E-state index in [0.29, 0.717) is 13.2 Å². The summed E-state index contributed by atoms with van der Waals surface area (Å²) in [6, 6.07) is 7.77. The topological polar surface area (TPSA) is 48.1 Å². The number of methoxy groups -OCH3 is 1. The fraction of sp³-hybridized carbons (Fsp3) is 0.500. The molecule has 0 aromatic heterocycles. The number of epoxide rings is 1. The van der Waals surface area contributed by atoms with E-state index in [-0.39, 0.29) is 6.10 Å². The van der Waals surface area contributed by atoms with Gasteiger partial charge in [0.25, 0.3) is 0 Å². The number of aldehydes is 1. The van der Waals surface area contributed by atoms with Gasteiger partial charge in [-0.3, -0.25) is 0 Å². The highest BCUT2D eigenvalue weighted by atomic mass is 16.6. The maximum Gasteiger partial charge on any atom is 0.154 e. The summed E-state index contributed by atoms with van der Waals surface area (Å²) in [7, 11) is 1.64. The predicted octanol–water partition coefficient (Wildman–Crippen LogP) is 1.96. The number of ether oxygens (including phenoxy) is 3. The molecule has 0 aliphatic carbocycles. The minimum Gasteiger partial charge on any atom is -0.497 e. The lowest BCUT2D eigenvalue weighted by molar-refractivity contribution is -0.111. The first-order valence-corrected chi connectivity index (χ1v) is 6.03. The third-order valence-electron chi connectivity index (χ3n) is 3.16. The molecule has 0 radical (unpaired) electrons. The van der Waals surface area contributed by atoms with Crippen molar-refractivity contribution in [3.8, 4) is 5.75 Å². The van der Waals surface area contributed by atoms with Gasteiger partial charge in [-0.15, -0.1) is 0 Å². The maximum atomic E-state index is 10.6. The third kappa shape index (κ3) is 3.09. The highest BCUT2D eigenvalue weighted by Crippen LogP contribution is 2.36. The molecule has 1 heterocycles. The second kappa shape index (κ2) is 5.50. The van der Waals surface area contributed by atoms with E-state index in [1.807, 2.05) is 24.3 Å². The lowest BCUT2D eigenvalue weighted by Gasteiger charge is -2.05. The number of hydrogen-bond acceptors (Lipinski definition) is 4. The first-order valence-electron chi connectivity index (χ1n) is 6.03. The molecule has 18 heavy (non-hydrogen) atoms. The van der Waals surface area contributed by atoms with Crippen LogP contribution in [0.3, 0.4) is 0 Å². The lowest BCUT2D eigenvalue weighted by atomic mass is 10.1. The van der Waals surface area contributed by atoms with Crippen LogP contribution < -0.4 is 4.74 Å². The van der Waals surface area contributed by atoms with Crippen LogP contribution in [-0.4, -0.2) is 31.7 Å². The molecule has 4 heteroatoms. The average Bonchev–Trinajstić information content (AvgIpc) is 3.07. The van der Waals surface area contributed by atoms with Crippen LogP contribution in [0.15, 0.2) is 24.3 Å². The third-order valence-corrected chi connectivity index (χ3v) is 3.16. The molecule has 1 aliphatic rings. The van der Waals surface area contributed by atoms with Gasteiger partial charge in [0.15, 0.2) is 6.29 Å². The van der Waals surface area contributed by atoms with Gasteiger partial charge in [-0.25, -0.2) is 0 Å². The van der Waals surface area contributed by atoms with E-state index in [1.165, 1.54) is 0 Å². The standard InChI is InChI=1S/C14H18O4/c1-14(10-15)13(18-14)7-8-17-9-11-3-5-12(16-2)6-4-11/h3-6,10,13H,7-9H2,1-2H3/t13-,14-/m0/s1. The Kier molecular flexibility index (Phi) is 3.99. The molecule has 1 fully saturated rings. The van der Waals surface area contributed by atoms with Gasteiger partial charge in [0.05, 0.1) is 19.8 Å². The smallest absolute Gasteiger partial charge is 0.154 e. The number of carbonyl (C=O) groups is 1. The summed E-state index contributed by atoms with van der Waals surface area (Å²) < 4.78 is 15.9. The average molecular weight is 250 g/mol. The van der Waals surface area contributed by atoms with Crippen LogP contribution in [0.5, 0.6) is 5.75 Å². The van der Waals surface area contributed by atoms with E-state index >= 15 is 0 Å². The Balaban J connectivity index is 1.65. The molecule has 0 saturated carbocycles. The Morgan fingerprint density at radius 2 is 2.11 bits per heavy atom. The quantitative estimate of drug-likeness (QED) is 0.421. The summed E-state index contributed by atoms with van der Waals surface area (Å²) in [5, 5.41) is 0. The van der Waals surface area contributed by atoms with Crippen LogP contribution in [0.2, 0.25) is 0 Å². The van der Waals surface area contributed by atoms with Crippen LogP contribution in [0.4, 0.5) is 0 Å². The second-order valence-electron chi connectivity index (χ2n) is 4.60. The molecule has 4 nitrogen and oxygen atoms in total. The molecule has 2 atom stereocenters. The van der Waals surface area contributed by atoms with Crippen molar-refractivity contribution in [2.24, 2.45) is 0 Å². The summed E-state index contributed by atoms with van der Waals surface area (Å²) in [6.45, 7) is 2.96. The summed E-state index contributed by atoms with van der Waals surface area (Å²) in [5.74, 6) is 0.840. The van der Waals surface area contributed by atoms with Crippen LogP contribution in [-0.2, 0) is 20.9 Å².